The number of amides is 1. The van der Waals surface area contributed by atoms with Crippen LogP contribution in [0.1, 0.15) is 43.2 Å². The summed E-state index contributed by atoms with van der Waals surface area (Å²) in [5, 5.41) is 10.5. The molecule has 4 unspecified atom stereocenters. The second kappa shape index (κ2) is 7.67. The molecule has 3 aliphatic rings. The molecule has 0 spiro atoms. The number of fused-ring (bicyclic) bond motifs is 3. The highest BCUT2D eigenvalue weighted by atomic mass is 16.2. The molecule has 0 N–H and O–H groups in total. The number of nitrogens with zero attached hydrogens (tertiary/aromatic N) is 4. The maximum atomic E-state index is 13.3. The highest BCUT2D eigenvalue weighted by Gasteiger charge is 2.46. The third kappa shape index (κ3) is 3.37. The summed E-state index contributed by atoms with van der Waals surface area (Å²) < 4.78 is 0. The molecule has 5 rings (SSSR count). The first-order valence-corrected chi connectivity index (χ1v) is 11.3. The molecule has 156 valence electrons. The molecule has 5 heteroatoms. The summed E-state index contributed by atoms with van der Waals surface area (Å²) in [6.07, 6.45) is 4.85. The maximum absolute atomic E-state index is 13.3. The third-order valence-electron chi connectivity index (χ3n) is 7.70. The van der Waals surface area contributed by atoms with Crippen molar-refractivity contribution < 1.29 is 4.79 Å². The average Bonchev–Trinajstić information content (AvgIpc) is 2.75. The summed E-state index contributed by atoms with van der Waals surface area (Å²) in [6, 6.07) is 10.2. The molecule has 2 bridgehead atoms. The Labute approximate surface area is 178 Å². The Morgan fingerprint density at radius 2 is 1.97 bits per heavy atom. The third-order valence-corrected chi connectivity index (χ3v) is 7.70. The molecule has 30 heavy (non-hydrogen) atoms. The monoisotopic (exact) mass is 402 g/mol. The molecular formula is C25H30N4O. The van der Waals surface area contributed by atoms with Crippen molar-refractivity contribution in [3.05, 3.63) is 41.6 Å². The van der Waals surface area contributed by atoms with Gasteiger partial charge < -0.3 is 9.80 Å². The fourth-order valence-electron chi connectivity index (χ4n) is 6.31. The minimum Gasteiger partial charge on any atom is -0.342 e. The van der Waals surface area contributed by atoms with E-state index in [4.69, 9.17) is 0 Å². The Balaban J connectivity index is 1.35. The number of piperidine rings is 3. The normalized spacial score (nSPS) is 31.2. The number of nitriles is 1. The highest BCUT2D eigenvalue weighted by molar-refractivity contribution is 5.87. The van der Waals surface area contributed by atoms with Gasteiger partial charge in [-0.1, -0.05) is 19.1 Å². The number of hydrogen-bond acceptors (Lipinski definition) is 4. The van der Waals surface area contributed by atoms with E-state index in [-0.39, 0.29) is 0 Å². The van der Waals surface area contributed by atoms with E-state index in [9.17, 15) is 10.1 Å². The highest BCUT2D eigenvalue weighted by Crippen LogP contribution is 2.47. The van der Waals surface area contributed by atoms with Crippen LogP contribution in [-0.4, -0.2) is 53.9 Å². The van der Waals surface area contributed by atoms with Crippen LogP contribution in [0.15, 0.2) is 30.5 Å². The number of hydrogen-bond donors (Lipinski definition) is 0. The van der Waals surface area contributed by atoms with Crippen LogP contribution in [0.25, 0.3) is 10.9 Å². The van der Waals surface area contributed by atoms with Gasteiger partial charge in [0.25, 0.3) is 0 Å². The van der Waals surface area contributed by atoms with Crippen LogP contribution in [0.3, 0.4) is 0 Å². The minimum atomic E-state index is 0.296. The molecule has 1 amide bonds. The lowest BCUT2D eigenvalue weighted by Gasteiger charge is -2.53. The van der Waals surface area contributed by atoms with Crippen molar-refractivity contribution in [3.8, 4) is 6.07 Å². The van der Waals surface area contributed by atoms with E-state index in [1.807, 2.05) is 12.1 Å². The van der Waals surface area contributed by atoms with Crippen LogP contribution in [0.5, 0.6) is 0 Å². The molecule has 1 saturated carbocycles. The lowest BCUT2D eigenvalue weighted by molar-refractivity contribution is -0.139. The largest absolute Gasteiger partial charge is 0.342 e. The Hall–Kier alpha value is -2.45. The molecule has 4 atom stereocenters. The zero-order valence-electron chi connectivity index (χ0n) is 17.9. The van der Waals surface area contributed by atoms with Crippen molar-refractivity contribution in [3.63, 3.8) is 0 Å². The second-order valence-electron chi connectivity index (χ2n) is 9.90. The van der Waals surface area contributed by atoms with Crippen molar-refractivity contribution in [2.24, 2.45) is 23.7 Å². The lowest BCUT2D eigenvalue weighted by Crippen LogP contribution is -2.55. The van der Waals surface area contributed by atoms with Crippen LogP contribution in [0.2, 0.25) is 0 Å². The molecule has 3 heterocycles. The van der Waals surface area contributed by atoms with Crippen molar-refractivity contribution in [1.29, 1.82) is 5.26 Å². The van der Waals surface area contributed by atoms with Gasteiger partial charge in [0.05, 0.1) is 11.1 Å². The van der Waals surface area contributed by atoms with Crippen molar-refractivity contribution >= 4 is 16.8 Å². The van der Waals surface area contributed by atoms with E-state index in [0.717, 1.165) is 49.9 Å². The van der Waals surface area contributed by atoms with Crippen LogP contribution >= 0.6 is 0 Å². The number of aromatic nitrogens is 1. The fourth-order valence-corrected chi connectivity index (χ4v) is 6.31. The van der Waals surface area contributed by atoms with E-state index in [1.165, 1.54) is 12.0 Å². The number of likely N-dealkylation sites (tertiary alicyclic amines) is 2. The molecular weight excluding hydrogens is 372 g/mol. The van der Waals surface area contributed by atoms with Gasteiger partial charge in [-0.2, -0.15) is 5.26 Å². The van der Waals surface area contributed by atoms with Crippen LogP contribution in [-0.2, 0) is 4.79 Å². The first kappa shape index (κ1) is 19.5. The minimum absolute atomic E-state index is 0.296. The summed E-state index contributed by atoms with van der Waals surface area (Å²) in [7, 11) is 2.20. The zero-order chi connectivity index (χ0) is 20.8. The lowest BCUT2D eigenvalue weighted by atomic mass is 9.60. The van der Waals surface area contributed by atoms with Gasteiger partial charge in [-0.05, 0) is 61.3 Å². The second-order valence-corrected chi connectivity index (χ2v) is 9.90. The first-order valence-electron chi connectivity index (χ1n) is 11.3. The summed E-state index contributed by atoms with van der Waals surface area (Å²) in [6.45, 7) is 6.20. The Morgan fingerprint density at radius 1 is 1.17 bits per heavy atom. The SMILES string of the molecule is CC1CC(c2ccc(C#N)c3ncccc23)CN(C(=O)CC2C3CC2CN(C)C3)C1. The standard InChI is InChI=1S/C25H30N4O/c1-16-8-18(21-6-5-17(11-26)25-22(21)4-3-7-27-25)15-29(12-16)24(30)10-23-19-9-20(23)14-28(2)13-19/h3-7,16,18-20,23H,8-10,12-15H2,1-2H3. The average molecular weight is 403 g/mol. The summed E-state index contributed by atoms with van der Waals surface area (Å²) >= 11 is 0. The van der Waals surface area contributed by atoms with Gasteiger partial charge in [-0.15, -0.1) is 0 Å². The van der Waals surface area contributed by atoms with Crippen molar-refractivity contribution in [1.82, 2.24) is 14.8 Å². The predicted octanol–water partition coefficient (Wildman–Crippen LogP) is 3.65. The van der Waals surface area contributed by atoms with Gasteiger partial charge in [-0.3, -0.25) is 9.78 Å². The molecule has 1 aromatic heterocycles. The quantitative estimate of drug-likeness (QED) is 0.786. The Morgan fingerprint density at radius 3 is 2.73 bits per heavy atom. The van der Waals surface area contributed by atoms with E-state index >= 15 is 0 Å². The molecule has 1 aromatic carbocycles. The molecule has 2 aromatic rings. The molecule has 5 nitrogen and oxygen atoms in total. The fraction of sp³-hybridized carbons (Fsp3) is 0.560. The van der Waals surface area contributed by atoms with E-state index in [0.29, 0.717) is 41.1 Å². The van der Waals surface area contributed by atoms with Gasteiger partial charge in [0, 0.05) is 50.1 Å². The molecule has 2 aliphatic heterocycles. The van der Waals surface area contributed by atoms with Gasteiger partial charge in [0.15, 0.2) is 0 Å². The van der Waals surface area contributed by atoms with E-state index in [1.54, 1.807) is 6.20 Å². The van der Waals surface area contributed by atoms with Crippen LogP contribution < -0.4 is 0 Å². The van der Waals surface area contributed by atoms with E-state index < -0.39 is 0 Å². The Bertz CT molecular complexity index is 1000. The van der Waals surface area contributed by atoms with Crippen molar-refractivity contribution in [2.75, 3.05) is 33.2 Å². The zero-order valence-corrected chi connectivity index (χ0v) is 17.9. The molecule has 3 fully saturated rings. The van der Waals surface area contributed by atoms with Crippen LogP contribution in [0, 0.1) is 35.0 Å². The molecule has 1 aliphatic carbocycles. The molecule has 2 saturated heterocycles. The number of carbonyl (C=O) groups is 1. The van der Waals surface area contributed by atoms with Crippen molar-refractivity contribution in [2.45, 2.75) is 32.1 Å². The van der Waals surface area contributed by atoms with Gasteiger partial charge >= 0.3 is 0 Å². The van der Waals surface area contributed by atoms with E-state index in [2.05, 4.69) is 47.0 Å². The number of carbonyl (C=O) groups excluding carboxylic acids is 1. The topological polar surface area (TPSA) is 60.2 Å². The summed E-state index contributed by atoms with van der Waals surface area (Å²) in [4.78, 5) is 22.3. The number of pyridine rings is 1. The van der Waals surface area contributed by atoms with Gasteiger partial charge in [0.1, 0.15) is 6.07 Å². The first-order chi connectivity index (χ1) is 14.5. The smallest absolute Gasteiger partial charge is 0.222 e. The molecule has 0 radical (unpaired) electrons. The maximum Gasteiger partial charge on any atom is 0.222 e. The van der Waals surface area contributed by atoms with Crippen LogP contribution in [0.4, 0.5) is 0 Å². The summed E-state index contributed by atoms with van der Waals surface area (Å²) in [5.74, 6) is 3.12. The predicted molar refractivity (Wildman–Crippen MR) is 117 cm³/mol. The number of benzene rings is 1. The van der Waals surface area contributed by atoms with Gasteiger partial charge in [-0.25, -0.2) is 0 Å². The Kier molecular flexibility index (Phi) is 4.99. The number of rotatable bonds is 3. The van der Waals surface area contributed by atoms with Gasteiger partial charge in [0.2, 0.25) is 5.91 Å². The summed E-state index contributed by atoms with van der Waals surface area (Å²) in [5.41, 5.74) is 2.62.